The molecule has 5 rings (SSSR count). The second-order valence-corrected chi connectivity index (χ2v) is 9.73. The van der Waals surface area contributed by atoms with Gasteiger partial charge in [-0.15, -0.1) is 0 Å². The second-order valence-electron chi connectivity index (χ2n) is 9.73. The summed E-state index contributed by atoms with van der Waals surface area (Å²) in [6.45, 7) is 1.02. The van der Waals surface area contributed by atoms with Crippen molar-refractivity contribution in [3.8, 4) is 22.4 Å². The zero-order valence-corrected chi connectivity index (χ0v) is 20.8. The van der Waals surface area contributed by atoms with Crippen LogP contribution in [0, 0.1) is 0 Å². The van der Waals surface area contributed by atoms with Crippen molar-refractivity contribution in [2.24, 2.45) is 0 Å². The first-order chi connectivity index (χ1) is 18.0. The lowest BCUT2D eigenvalue weighted by Crippen LogP contribution is -2.50. The monoisotopic (exact) mass is 493 g/mol. The molecule has 6 nitrogen and oxygen atoms in total. The minimum atomic E-state index is -1.10. The smallest absolute Gasteiger partial charge is 0.267 e. The zero-order chi connectivity index (χ0) is 25.7. The number of likely N-dealkylation sites (tertiary alicyclic amines) is 1. The van der Waals surface area contributed by atoms with Crippen LogP contribution in [0.5, 0.6) is 0 Å². The highest BCUT2D eigenvalue weighted by Crippen LogP contribution is 2.30. The zero-order valence-electron chi connectivity index (χ0n) is 20.8. The summed E-state index contributed by atoms with van der Waals surface area (Å²) in [6, 6.07) is 31.1. The fourth-order valence-electron chi connectivity index (χ4n) is 4.91. The lowest BCUT2D eigenvalue weighted by atomic mass is 9.91. The molecule has 1 aliphatic rings. The molecule has 0 spiro atoms. The van der Waals surface area contributed by atoms with Crippen molar-refractivity contribution in [2.75, 3.05) is 13.1 Å². The maximum atomic E-state index is 13.1. The van der Waals surface area contributed by atoms with Crippen molar-refractivity contribution < 1.29 is 9.90 Å². The molecule has 0 unspecified atom stereocenters. The molecule has 6 heteroatoms. The van der Waals surface area contributed by atoms with E-state index in [1.165, 1.54) is 4.68 Å². The molecule has 3 aromatic carbocycles. The maximum Gasteiger partial charge on any atom is 0.267 e. The number of rotatable bonds is 7. The van der Waals surface area contributed by atoms with Gasteiger partial charge in [0.15, 0.2) is 0 Å². The number of hydrogen-bond donors (Lipinski definition) is 1. The minimum Gasteiger partial charge on any atom is -0.388 e. The average molecular weight is 494 g/mol. The van der Waals surface area contributed by atoms with E-state index in [9.17, 15) is 14.7 Å². The van der Waals surface area contributed by atoms with E-state index >= 15 is 0 Å². The molecule has 37 heavy (non-hydrogen) atoms. The third-order valence-electron chi connectivity index (χ3n) is 7.09. The molecule has 1 aromatic heterocycles. The van der Waals surface area contributed by atoms with Crippen molar-refractivity contribution in [1.82, 2.24) is 14.7 Å². The first-order valence-corrected chi connectivity index (χ1v) is 12.8. The van der Waals surface area contributed by atoms with Gasteiger partial charge in [-0.25, -0.2) is 4.68 Å². The Kier molecular flexibility index (Phi) is 7.28. The molecule has 1 aliphatic heterocycles. The number of benzene rings is 3. The van der Waals surface area contributed by atoms with Crippen LogP contribution in [0.25, 0.3) is 22.4 Å². The van der Waals surface area contributed by atoms with E-state index in [0.29, 0.717) is 44.5 Å². The molecular formula is C31H31N3O3. The van der Waals surface area contributed by atoms with Gasteiger partial charge >= 0.3 is 0 Å². The van der Waals surface area contributed by atoms with E-state index < -0.39 is 5.60 Å². The van der Waals surface area contributed by atoms with Crippen LogP contribution >= 0.6 is 0 Å². The highest BCUT2D eigenvalue weighted by molar-refractivity contribution is 5.80. The molecule has 1 saturated heterocycles. The van der Waals surface area contributed by atoms with Gasteiger partial charge in [0.05, 0.1) is 17.8 Å². The molecule has 0 atom stereocenters. The van der Waals surface area contributed by atoms with E-state index in [2.05, 4.69) is 0 Å². The predicted octanol–water partition coefficient (Wildman–Crippen LogP) is 4.56. The molecule has 1 amide bonds. The van der Waals surface area contributed by atoms with Crippen LogP contribution in [-0.4, -0.2) is 44.4 Å². The molecule has 1 N–H and O–H groups in total. The van der Waals surface area contributed by atoms with Gasteiger partial charge in [0.25, 0.3) is 5.56 Å². The maximum absolute atomic E-state index is 13.1. The van der Waals surface area contributed by atoms with Crippen molar-refractivity contribution in [2.45, 2.75) is 37.8 Å². The number of aryl methyl sites for hydroxylation is 1. The van der Waals surface area contributed by atoms with Gasteiger partial charge < -0.3 is 10.0 Å². The number of aliphatic hydroxyl groups is 1. The number of carbonyl (C=O) groups excluding carboxylic acids is 1. The second kappa shape index (κ2) is 10.9. The largest absolute Gasteiger partial charge is 0.388 e. The lowest BCUT2D eigenvalue weighted by molar-refractivity contribution is -0.135. The fourth-order valence-corrected chi connectivity index (χ4v) is 4.91. The molecule has 2 heterocycles. The highest BCUT2D eigenvalue weighted by atomic mass is 16.3. The Hall–Kier alpha value is -4.03. The van der Waals surface area contributed by atoms with E-state index in [4.69, 9.17) is 5.10 Å². The molecule has 0 aliphatic carbocycles. The van der Waals surface area contributed by atoms with Crippen molar-refractivity contribution in [1.29, 1.82) is 0 Å². The van der Waals surface area contributed by atoms with Gasteiger partial charge in [-0.1, -0.05) is 91.0 Å². The SMILES string of the molecule is O=C(CCc1ccccc1)N1CCC(O)(Cn2nc(-c3ccccc3)c(-c3ccccc3)cc2=O)CC1. The minimum absolute atomic E-state index is 0.0901. The normalized spacial score (nSPS) is 14.9. The van der Waals surface area contributed by atoms with Gasteiger partial charge in [0.2, 0.25) is 5.91 Å². The van der Waals surface area contributed by atoms with Gasteiger partial charge in [-0.05, 0) is 30.4 Å². The quantitative estimate of drug-likeness (QED) is 0.409. The van der Waals surface area contributed by atoms with Crippen LogP contribution < -0.4 is 5.56 Å². The first kappa shape index (κ1) is 24.7. The first-order valence-electron chi connectivity index (χ1n) is 12.8. The summed E-state index contributed by atoms with van der Waals surface area (Å²) in [4.78, 5) is 27.7. The summed E-state index contributed by atoms with van der Waals surface area (Å²) in [7, 11) is 0. The van der Waals surface area contributed by atoms with Crippen molar-refractivity contribution >= 4 is 5.91 Å². The molecule has 0 radical (unpaired) electrons. The lowest BCUT2D eigenvalue weighted by Gasteiger charge is -2.38. The van der Waals surface area contributed by atoms with Crippen molar-refractivity contribution in [3.63, 3.8) is 0 Å². The Morgan fingerprint density at radius 2 is 1.41 bits per heavy atom. The van der Waals surface area contributed by atoms with Crippen molar-refractivity contribution in [3.05, 3.63) is 113 Å². The average Bonchev–Trinajstić information content (AvgIpc) is 2.94. The standard InChI is InChI=1S/C31H31N3O3/c35-28(17-16-24-10-4-1-5-11-24)33-20-18-31(37,19-21-33)23-34-29(36)22-27(25-12-6-2-7-13-25)30(32-34)26-14-8-3-9-15-26/h1-15,22,37H,16-21,23H2. The van der Waals surface area contributed by atoms with E-state index in [1.54, 1.807) is 6.07 Å². The number of aromatic nitrogens is 2. The molecule has 188 valence electrons. The van der Waals surface area contributed by atoms with E-state index in [0.717, 1.165) is 22.3 Å². The molecule has 0 saturated carbocycles. The topological polar surface area (TPSA) is 75.4 Å². The Morgan fingerprint density at radius 3 is 2.03 bits per heavy atom. The van der Waals surface area contributed by atoms with Crippen LogP contribution in [0.3, 0.4) is 0 Å². The van der Waals surface area contributed by atoms with E-state index in [-0.39, 0.29) is 18.0 Å². The van der Waals surface area contributed by atoms with Gasteiger partial charge in [-0.2, -0.15) is 5.10 Å². The molecule has 0 bridgehead atoms. The summed E-state index contributed by atoms with van der Waals surface area (Å²) in [6.07, 6.45) is 1.96. The number of amides is 1. The van der Waals surface area contributed by atoms with E-state index in [1.807, 2.05) is 95.9 Å². The predicted molar refractivity (Wildman–Crippen MR) is 145 cm³/mol. The Balaban J connectivity index is 1.31. The molecule has 4 aromatic rings. The van der Waals surface area contributed by atoms with Crippen LogP contribution in [0.15, 0.2) is 102 Å². The van der Waals surface area contributed by atoms with Gasteiger partial charge in [0, 0.05) is 36.7 Å². The number of hydrogen-bond acceptors (Lipinski definition) is 4. The Bertz CT molecular complexity index is 1390. The summed E-state index contributed by atoms with van der Waals surface area (Å²) < 4.78 is 1.38. The van der Waals surface area contributed by atoms with Gasteiger partial charge in [0.1, 0.15) is 0 Å². The van der Waals surface area contributed by atoms with Crippen LogP contribution in [0.1, 0.15) is 24.8 Å². The Labute approximate surface area is 216 Å². The van der Waals surface area contributed by atoms with Crippen LogP contribution in [0.4, 0.5) is 0 Å². The summed E-state index contributed by atoms with van der Waals surface area (Å²) >= 11 is 0. The van der Waals surface area contributed by atoms with Crippen LogP contribution in [0.2, 0.25) is 0 Å². The van der Waals surface area contributed by atoms with Gasteiger partial charge in [-0.3, -0.25) is 9.59 Å². The third kappa shape index (κ3) is 5.87. The number of nitrogens with zero attached hydrogens (tertiary/aromatic N) is 3. The fraction of sp³-hybridized carbons (Fsp3) is 0.258. The summed E-state index contributed by atoms with van der Waals surface area (Å²) in [5.41, 5.74) is 3.06. The number of piperidine rings is 1. The summed E-state index contributed by atoms with van der Waals surface area (Å²) in [5.74, 6) is 0.0970. The molecular weight excluding hydrogens is 462 g/mol. The number of carbonyl (C=O) groups is 1. The Morgan fingerprint density at radius 1 is 0.838 bits per heavy atom. The summed E-state index contributed by atoms with van der Waals surface area (Å²) in [5, 5.41) is 16.1. The highest BCUT2D eigenvalue weighted by Gasteiger charge is 2.35. The molecule has 1 fully saturated rings. The van der Waals surface area contributed by atoms with Crippen LogP contribution in [-0.2, 0) is 17.8 Å². The third-order valence-corrected chi connectivity index (χ3v) is 7.09.